The highest BCUT2D eigenvalue weighted by Crippen LogP contribution is 2.23. The molecule has 5 heteroatoms. The van der Waals surface area contributed by atoms with Crippen LogP contribution in [0.4, 0.5) is 0 Å². The smallest absolute Gasteiger partial charge is 0.172 e. The Balaban J connectivity index is 1.30. The predicted octanol–water partition coefficient (Wildman–Crippen LogP) is 5.60. The van der Waals surface area contributed by atoms with Crippen LogP contribution in [-0.2, 0) is 19.6 Å². The molecule has 2 N–H and O–H groups in total. The standard InChI is InChI=1S/C31H40N4S/c1-26-24-35(31(36)34(26)25-29-17-9-4-10-18-29)30(23-33-22-28-15-7-3-8-16-28)19-11-12-20-32-21-27-13-5-2-6-14-27/h2-10,13-18,26,30,32-33H,11-12,19-25H2,1H3. The predicted molar refractivity (Wildman–Crippen MR) is 155 cm³/mol. The highest BCUT2D eigenvalue weighted by molar-refractivity contribution is 7.80. The van der Waals surface area contributed by atoms with Gasteiger partial charge in [0.05, 0.1) is 0 Å². The van der Waals surface area contributed by atoms with Crippen LogP contribution in [0.25, 0.3) is 0 Å². The lowest BCUT2D eigenvalue weighted by molar-refractivity contribution is 0.291. The van der Waals surface area contributed by atoms with Crippen molar-refractivity contribution in [3.8, 4) is 0 Å². The number of rotatable bonds is 14. The van der Waals surface area contributed by atoms with Gasteiger partial charge in [-0.2, -0.15) is 0 Å². The van der Waals surface area contributed by atoms with Crippen molar-refractivity contribution in [1.29, 1.82) is 0 Å². The zero-order valence-electron chi connectivity index (χ0n) is 21.5. The number of nitrogens with zero attached hydrogens (tertiary/aromatic N) is 2. The van der Waals surface area contributed by atoms with Gasteiger partial charge in [0.25, 0.3) is 0 Å². The number of hydrogen-bond donors (Lipinski definition) is 2. The summed E-state index contributed by atoms with van der Waals surface area (Å²) in [7, 11) is 0. The van der Waals surface area contributed by atoms with Crippen molar-refractivity contribution in [3.63, 3.8) is 0 Å². The maximum atomic E-state index is 6.04. The van der Waals surface area contributed by atoms with E-state index in [9.17, 15) is 0 Å². The maximum Gasteiger partial charge on any atom is 0.172 e. The van der Waals surface area contributed by atoms with Crippen LogP contribution in [0.15, 0.2) is 91.0 Å². The summed E-state index contributed by atoms with van der Waals surface area (Å²) in [5.74, 6) is 0. The molecule has 3 aromatic rings. The van der Waals surface area contributed by atoms with Gasteiger partial charge in [-0.15, -0.1) is 0 Å². The number of unbranched alkanes of at least 4 members (excludes halogenated alkanes) is 1. The summed E-state index contributed by atoms with van der Waals surface area (Å²) in [6, 6.07) is 32.8. The Morgan fingerprint density at radius 3 is 1.94 bits per heavy atom. The lowest BCUT2D eigenvalue weighted by Crippen LogP contribution is -2.44. The van der Waals surface area contributed by atoms with Gasteiger partial charge in [-0.25, -0.2) is 0 Å². The molecule has 0 amide bonds. The van der Waals surface area contributed by atoms with E-state index >= 15 is 0 Å². The number of thiocarbonyl (C=S) groups is 1. The molecule has 1 fully saturated rings. The van der Waals surface area contributed by atoms with Gasteiger partial charge in [-0.05, 0) is 55.2 Å². The van der Waals surface area contributed by atoms with E-state index in [1.807, 2.05) is 0 Å². The third kappa shape index (κ3) is 7.89. The SMILES string of the molecule is CC1CN(C(CCCCNCc2ccccc2)CNCc2ccccc2)C(=S)N1Cc1ccccc1. The molecule has 0 aromatic heterocycles. The topological polar surface area (TPSA) is 30.5 Å². The molecule has 1 aliphatic heterocycles. The van der Waals surface area contributed by atoms with Gasteiger partial charge < -0.3 is 20.4 Å². The van der Waals surface area contributed by atoms with Gasteiger partial charge in [0.2, 0.25) is 0 Å². The minimum atomic E-state index is 0.401. The fourth-order valence-electron chi connectivity index (χ4n) is 4.93. The Morgan fingerprint density at radius 2 is 1.33 bits per heavy atom. The molecule has 2 atom stereocenters. The molecule has 3 aromatic carbocycles. The van der Waals surface area contributed by atoms with Crippen molar-refractivity contribution in [2.24, 2.45) is 0 Å². The number of benzene rings is 3. The van der Waals surface area contributed by atoms with Crippen LogP contribution in [0.2, 0.25) is 0 Å². The maximum absolute atomic E-state index is 6.04. The van der Waals surface area contributed by atoms with Crippen molar-refractivity contribution >= 4 is 17.3 Å². The summed E-state index contributed by atoms with van der Waals surface area (Å²) in [4.78, 5) is 4.88. The second-order valence-electron chi connectivity index (χ2n) is 9.83. The molecule has 36 heavy (non-hydrogen) atoms. The largest absolute Gasteiger partial charge is 0.343 e. The van der Waals surface area contributed by atoms with Gasteiger partial charge in [0, 0.05) is 44.8 Å². The lowest BCUT2D eigenvalue weighted by atomic mass is 10.1. The first-order valence-electron chi connectivity index (χ1n) is 13.3. The summed E-state index contributed by atoms with van der Waals surface area (Å²) < 4.78 is 0. The van der Waals surface area contributed by atoms with Crippen molar-refractivity contribution in [3.05, 3.63) is 108 Å². The van der Waals surface area contributed by atoms with E-state index < -0.39 is 0 Å². The molecule has 0 aliphatic carbocycles. The molecular formula is C31H40N4S. The molecule has 0 bridgehead atoms. The molecule has 4 nitrogen and oxygen atoms in total. The van der Waals surface area contributed by atoms with Crippen molar-refractivity contribution in [2.75, 3.05) is 19.6 Å². The molecular weight excluding hydrogens is 460 g/mol. The molecule has 0 saturated carbocycles. The van der Waals surface area contributed by atoms with E-state index in [-0.39, 0.29) is 0 Å². The van der Waals surface area contributed by atoms with Crippen molar-refractivity contribution in [2.45, 2.75) is 57.9 Å². The Bertz CT molecular complexity index is 1030. The van der Waals surface area contributed by atoms with Crippen LogP contribution >= 0.6 is 12.2 Å². The van der Waals surface area contributed by atoms with E-state index in [1.54, 1.807) is 0 Å². The molecule has 2 unspecified atom stereocenters. The zero-order chi connectivity index (χ0) is 25.0. The average molecular weight is 501 g/mol. The van der Waals surface area contributed by atoms with Gasteiger partial charge in [-0.1, -0.05) is 97.4 Å². The highest BCUT2D eigenvalue weighted by atomic mass is 32.1. The molecule has 1 aliphatic rings. The fourth-order valence-corrected chi connectivity index (χ4v) is 5.40. The van der Waals surface area contributed by atoms with Crippen LogP contribution in [0, 0.1) is 0 Å². The molecule has 0 radical (unpaired) electrons. The molecule has 1 heterocycles. The van der Waals surface area contributed by atoms with Crippen LogP contribution in [0.1, 0.15) is 42.9 Å². The number of hydrogen-bond acceptors (Lipinski definition) is 3. The second-order valence-corrected chi connectivity index (χ2v) is 10.2. The van der Waals surface area contributed by atoms with E-state index in [4.69, 9.17) is 12.2 Å². The molecule has 1 saturated heterocycles. The molecule has 4 rings (SSSR count). The Kier molecular flexibility index (Phi) is 10.3. The van der Waals surface area contributed by atoms with E-state index in [0.29, 0.717) is 12.1 Å². The van der Waals surface area contributed by atoms with Gasteiger partial charge in [0.1, 0.15) is 0 Å². The van der Waals surface area contributed by atoms with Gasteiger partial charge in [0.15, 0.2) is 5.11 Å². The Morgan fingerprint density at radius 1 is 0.778 bits per heavy atom. The summed E-state index contributed by atoms with van der Waals surface area (Å²) >= 11 is 6.04. The van der Waals surface area contributed by atoms with Crippen LogP contribution in [0.3, 0.4) is 0 Å². The second kappa shape index (κ2) is 14.1. The summed E-state index contributed by atoms with van der Waals surface area (Å²) in [6.07, 6.45) is 3.50. The summed E-state index contributed by atoms with van der Waals surface area (Å²) in [6.45, 7) is 7.99. The van der Waals surface area contributed by atoms with E-state index in [2.05, 4.69) is 118 Å². The molecule has 190 valence electrons. The number of nitrogens with one attached hydrogen (secondary N) is 2. The monoisotopic (exact) mass is 500 g/mol. The van der Waals surface area contributed by atoms with Crippen LogP contribution in [-0.4, -0.2) is 46.6 Å². The van der Waals surface area contributed by atoms with Gasteiger partial charge in [-0.3, -0.25) is 0 Å². The van der Waals surface area contributed by atoms with Crippen molar-refractivity contribution < 1.29 is 0 Å². The van der Waals surface area contributed by atoms with E-state index in [1.165, 1.54) is 29.5 Å². The van der Waals surface area contributed by atoms with Crippen LogP contribution in [0.5, 0.6) is 0 Å². The summed E-state index contributed by atoms with van der Waals surface area (Å²) in [5, 5.41) is 8.31. The first-order valence-corrected chi connectivity index (χ1v) is 13.7. The summed E-state index contributed by atoms with van der Waals surface area (Å²) in [5.41, 5.74) is 3.98. The first kappa shape index (κ1) is 26.3. The fraction of sp³-hybridized carbons (Fsp3) is 0.387. The highest BCUT2D eigenvalue weighted by Gasteiger charge is 2.35. The Hall–Kier alpha value is -2.73. The Labute approximate surface area is 222 Å². The first-order chi connectivity index (χ1) is 17.7. The van der Waals surface area contributed by atoms with Crippen molar-refractivity contribution in [1.82, 2.24) is 20.4 Å². The van der Waals surface area contributed by atoms with Crippen LogP contribution < -0.4 is 10.6 Å². The third-order valence-electron chi connectivity index (χ3n) is 6.99. The normalized spacial score (nSPS) is 16.5. The quantitative estimate of drug-likeness (QED) is 0.222. The minimum absolute atomic E-state index is 0.401. The lowest BCUT2D eigenvalue weighted by Gasteiger charge is -2.31. The zero-order valence-corrected chi connectivity index (χ0v) is 22.3. The van der Waals surface area contributed by atoms with Gasteiger partial charge >= 0.3 is 0 Å². The third-order valence-corrected chi connectivity index (χ3v) is 7.45. The van der Waals surface area contributed by atoms with E-state index in [0.717, 1.165) is 50.8 Å². The average Bonchev–Trinajstić information content (AvgIpc) is 3.19. The minimum Gasteiger partial charge on any atom is -0.343 e. The molecule has 0 spiro atoms.